The molecule has 6 nitrogen and oxygen atoms in total. The van der Waals surface area contributed by atoms with E-state index in [4.69, 9.17) is 10.5 Å². The zero-order chi connectivity index (χ0) is 15.2. The number of hydrogen-bond acceptors (Lipinski definition) is 4. The Hall–Kier alpha value is -1.63. The fraction of sp³-hybridized carbons (Fsp3) is 0.467. The quantitative estimate of drug-likeness (QED) is 0.856. The lowest BCUT2D eigenvalue weighted by Crippen LogP contribution is -2.41. The summed E-state index contributed by atoms with van der Waals surface area (Å²) in [7, 11) is 0. The average Bonchev–Trinajstić information content (AvgIpc) is 2.50. The lowest BCUT2D eigenvalue weighted by molar-refractivity contribution is -0.134. The highest BCUT2D eigenvalue weighted by molar-refractivity contribution is 5.94. The van der Waals surface area contributed by atoms with Crippen molar-refractivity contribution in [2.75, 3.05) is 31.6 Å². The van der Waals surface area contributed by atoms with Gasteiger partial charge in [0, 0.05) is 18.8 Å². The zero-order valence-corrected chi connectivity index (χ0v) is 13.4. The molecule has 22 heavy (non-hydrogen) atoms. The molecular weight excluding hydrogens is 306 g/mol. The molecule has 2 amide bonds. The number of amides is 2. The van der Waals surface area contributed by atoms with Crippen molar-refractivity contribution in [1.29, 1.82) is 0 Å². The van der Waals surface area contributed by atoms with Crippen LogP contribution in [0, 0.1) is 0 Å². The van der Waals surface area contributed by atoms with E-state index >= 15 is 0 Å². The molecule has 3 N–H and O–H groups in total. The van der Waals surface area contributed by atoms with Crippen molar-refractivity contribution in [3.63, 3.8) is 0 Å². The number of nitrogens with one attached hydrogen (secondary N) is 1. The number of carbonyl (C=O) groups is 2. The summed E-state index contributed by atoms with van der Waals surface area (Å²) in [6.07, 6.45) is 0.363. The monoisotopic (exact) mass is 327 g/mol. The molecule has 1 aliphatic rings. The third kappa shape index (κ3) is 5.29. The Morgan fingerprint density at radius 2 is 1.86 bits per heavy atom. The molecule has 122 valence electrons. The number of carbonyl (C=O) groups excluding carboxylic acids is 2. The molecule has 1 fully saturated rings. The summed E-state index contributed by atoms with van der Waals surface area (Å²) in [4.78, 5) is 25.4. The zero-order valence-electron chi connectivity index (χ0n) is 12.6. The molecule has 0 saturated carbocycles. The minimum absolute atomic E-state index is 0. The maximum atomic E-state index is 12.1. The van der Waals surface area contributed by atoms with E-state index in [9.17, 15) is 9.59 Å². The molecule has 1 aromatic carbocycles. The highest BCUT2D eigenvalue weighted by Gasteiger charge is 2.17. The molecule has 0 radical (unpaired) electrons. The van der Waals surface area contributed by atoms with Crippen LogP contribution < -0.4 is 11.1 Å². The molecule has 2 rings (SSSR count). The van der Waals surface area contributed by atoms with Crippen LogP contribution in [0.15, 0.2) is 24.3 Å². The van der Waals surface area contributed by atoms with Crippen LogP contribution in [0.25, 0.3) is 0 Å². The van der Waals surface area contributed by atoms with Gasteiger partial charge in [-0.2, -0.15) is 0 Å². The molecule has 0 aromatic heterocycles. The lowest BCUT2D eigenvalue weighted by Gasteiger charge is -2.26. The second-order valence-electron chi connectivity index (χ2n) is 5.14. The maximum absolute atomic E-state index is 12.1. The number of halogens is 1. The fourth-order valence-electron chi connectivity index (χ4n) is 2.06. The number of hydrogen-bond donors (Lipinski definition) is 2. The Labute approximate surface area is 136 Å². The van der Waals surface area contributed by atoms with Gasteiger partial charge in [-0.05, 0) is 24.6 Å². The second-order valence-corrected chi connectivity index (χ2v) is 5.14. The van der Waals surface area contributed by atoms with Gasteiger partial charge in [0.1, 0.15) is 0 Å². The number of morpholine rings is 1. The lowest BCUT2D eigenvalue weighted by atomic mass is 10.1. The molecule has 0 bridgehead atoms. The topological polar surface area (TPSA) is 84.7 Å². The van der Waals surface area contributed by atoms with Gasteiger partial charge in [0.15, 0.2) is 0 Å². The Bertz CT molecular complexity index is 499. The predicted molar refractivity (Wildman–Crippen MR) is 87.1 cm³/mol. The van der Waals surface area contributed by atoms with E-state index in [-0.39, 0.29) is 24.2 Å². The van der Waals surface area contributed by atoms with E-state index in [1.54, 1.807) is 19.1 Å². The van der Waals surface area contributed by atoms with E-state index in [1.165, 1.54) is 0 Å². The summed E-state index contributed by atoms with van der Waals surface area (Å²) < 4.78 is 5.23. The predicted octanol–water partition coefficient (Wildman–Crippen LogP) is 0.795. The van der Waals surface area contributed by atoms with Gasteiger partial charge < -0.3 is 20.7 Å². The summed E-state index contributed by atoms with van der Waals surface area (Å²) in [5.74, 6) is -0.127. The molecule has 1 heterocycles. The van der Waals surface area contributed by atoms with Gasteiger partial charge in [-0.1, -0.05) is 12.1 Å². The highest BCUT2D eigenvalue weighted by Crippen LogP contribution is 2.12. The molecule has 7 heteroatoms. The van der Waals surface area contributed by atoms with Gasteiger partial charge in [0.25, 0.3) is 0 Å². The van der Waals surface area contributed by atoms with E-state index < -0.39 is 6.04 Å². The number of anilines is 1. The molecule has 0 spiro atoms. The first kappa shape index (κ1) is 18.4. The summed E-state index contributed by atoms with van der Waals surface area (Å²) in [5, 5.41) is 2.71. The van der Waals surface area contributed by atoms with E-state index in [0.29, 0.717) is 38.4 Å². The minimum atomic E-state index is -0.549. The Balaban J connectivity index is 0.00000242. The van der Waals surface area contributed by atoms with Crippen molar-refractivity contribution in [2.45, 2.75) is 19.4 Å². The Morgan fingerprint density at radius 3 is 2.41 bits per heavy atom. The van der Waals surface area contributed by atoms with E-state index in [1.807, 2.05) is 17.0 Å². The van der Waals surface area contributed by atoms with Crippen LogP contribution in [0.2, 0.25) is 0 Å². The standard InChI is InChI=1S/C15H21N3O3.ClH/c1-11(16)15(20)17-13-4-2-12(3-5-13)10-14(19)18-6-8-21-9-7-18;/h2-5,11H,6-10,16H2,1H3,(H,17,20);1H/t11-;/m0./s1. The first-order valence-corrected chi connectivity index (χ1v) is 7.07. The number of rotatable bonds is 4. The van der Waals surface area contributed by atoms with Gasteiger partial charge in [0.05, 0.1) is 25.7 Å². The van der Waals surface area contributed by atoms with E-state index in [2.05, 4.69) is 5.32 Å². The van der Waals surface area contributed by atoms with Gasteiger partial charge in [0.2, 0.25) is 11.8 Å². The van der Waals surface area contributed by atoms with Crippen LogP contribution in [0.4, 0.5) is 5.69 Å². The highest BCUT2D eigenvalue weighted by atomic mass is 35.5. The Kier molecular flexibility index (Phi) is 7.31. The van der Waals surface area contributed by atoms with Crippen molar-refractivity contribution in [3.8, 4) is 0 Å². The maximum Gasteiger partial charge on any atom is 0.240 e. The number of nitrogens with zero attached hydrogens (tertiary/aromatic N) is 1. The van der Waals surface area contributed by atoms with Crippen LogP contribution in [-0.2, 0) is 20.7 Å². The average molecular weight is 328 g/mol. The van der Waals surface area contributed by atoms with Crippen LogP contribution in [0.5, 0.6) is 0 Å². The van der Waals surface area contributed by atoms with Gasteiger partial charge in [-0.3, -0.25) is 9.59 Å². The minimum Gasteiger partial charge on any atom is -0.378 e. The van der Waals surface area contributed by atoms with Crippen LogP contribution in [0.3, 0.4) is 0 Å². The van der Waals surface area contributed by atoms with Gasteiger partial charge in [-0.25, -0.2) is 0 Å². The van der Waals surface area contributed by atoms with Crippen molar-refractivity contribution in [1.82, 2.24) is 4.90 Å². The van der Waals surface area contributed by atoms with Crippen molar-refractivity contribution < 1.29 is 14.3 Å². The number of ether oxygens (including phenoxy) is 1. The fourth-order valence-corrected chi connectivity index (χ4v) is 2.06. The summed E-state index contributed by atoms with van der Waals surface area (Å²) >= 11 is 0. The molecule has 1 saturated heterocycles. The Morgan fingerprint density at radius 1 is 1.27 bits per heavy atom. The largest absolute Gasteiger partial charge is 0.378 e. The molecule has 1 atom stereocenters. The molecule has 0 aliphatic carbocycles. The third-order valence-corrected chi connectivity index (χ3v) is 3.35. The summed E-state index contributed by atoms with van der Waals surface area (Å²) in [6.45, 7) is 4.15. The van der Waals surface area contributed by atoms with Crippen LogP contribution >= 0.6 is 12.4 Å². The van der Waals surface area contributed by atoms with Crippen molar-refractivity contribution in [3.05, 3.63) is 29.8 Å². The molecule has 1 aromatic rings. The van der Waals surface area contributed by atoms with Crippen LogP contribution in [-0.4, -0.2) is 49.1 Å². The number of benzene rings is 1. The van der Waals surface area contributed by atoms with Crippen LogP contribution in [0.1, 0.15) is 12.5 Å². The van der Waals surface area contributed by atoms with Gasteiger partial charge in [-0.15, -0.1) is 12.4 Å². The number of nitrogens with two attached hydrogens (primary N) is 1. The normalized spacial score (nSPS) is 15.6. The van der Waals surface area contributed by atoms with Gasteiger partial charge >= 0.3 is 0 Å². The first-order chi connectivity index (χ1) is 10.1. The molecule has 0 unspecified atom stereocenters. The van der Waals surface area contributed by atoms with Crippen molar-refractivity contribution >= 4 is 29.9 Å². The van der Waals surface area contributed by atoms with E-state index in [0.717, 1.165) is 5.56 Å². The SMILES string of the molecule is C[C@H](N)C(=O)Nc1ccc(CC(=O)N2CCOCC2)cc1.Cl. The third-order valence-electron chi connectivity index (χ3n) is 3.35. The van der Waals surface area contributed by atoms with Crippen molar-refractivity contribution in [2.24, 2.45) is 5.73 Å². The second kappa shape index (κ2) is 8.73. The summed E-state index contributed by atoms with van der Waals surface area (Å²) in [5.41, 5.74) is 7.09. The smallest absolute Gasteiger partial charge is 0.240 e. The first-order valence-electron chi connectivity index (χ1n) is 7.07. The summed E-state index contributed by atoms with van der Waals surface area (Å²) in [6, 6.07) is 6.70. The molecule has 1 aliphatic heterocycles. The molecular formula is C15H22ClN3O3.